The Bertz CT molecular complexity index is 591. The van der Waals surface area contributed by atoms with E-state index in [0.717, 1.165) is 14.8 Å². The largest absolute Gasteiger partial charge is 0.478 e. The van der Waals surface area contributed by atoms with Crippen LogP contribution in [-0.2, 0) is 0 Å². The molecule has 3 nitrogen and oxygen atoms in total. The van der Waals surface area contributed by atoms with E-state index in [1.165, 1.54) is 0 Å². The van der Waals surface area contributed by atoms with Gasteiger partial charge in [-0.3, -0.25) is 4.99 Å². The Labute approximate surface area is 118 Å². The number of rotatable bonds is 3. The van der Waals surface area contributed by atoms with Crippen LogP contribution in [0.1, 0.15) is 15.9 Å². The highest BCUT2D eigenvalue weighted by atomic mass is 127. The molecule has 0 radical (unpaired) electrons. The van der Waals surface area contributed by atoms with Gasteiger partial charge >= 0.3 is 5.97 Å². The third-order valence-electron chi connectivity index (χ3n) is 2.37. The normalized spacial score (nSPS) is 10.7. The Hall–Kier alpha value is -1.69. The first-order chi connectivity index (χ1) is 8.66. The molecular formula is C14H10INO2. The lowest BCUT2D eigenvalue weighted by Crippen LogP contribution is -1.94. The lowest BCUT2D eigenvalue weighted by Gasteiger charge is -1.98. The summed E-state index contributed by atoms with van der Waals surface area (Å²) in [6.07, 6.45) is 1.78. The Morgan fingerprint density at radius 2 is 1.78 bits per heavy atom. The summed E-state index contributed by atoms with van der Waals surface area (Å²) in [6.45, 7) is 0. The standard InChI is InChI=1S/C14H10INO2/c15-13-4-2-1-3-11(13)9-16-12-7-5-10(6-8-12)14(17)18/h1-9H,(H,17,18). The predicted octanol–water partition coefficient (Wildman–Crippen LogP) is 3.74. The van der Waals surface area contributed by atoms with E-state index in [4.69, 9.17) is 5.11 Å². The number of halogens is 1. The monoisotopic (exact) mass is 351 g/mol. The van der Waals surface area contributed by atoms with E-state index in [9.17, 15) is 4.79 Å². The van der Waals surface area contributed by atoms with Gasteiger partial charge in [0.15, 0.2) is 0 Å². The number of aromatic carboxylic acids is 1. The van der Waals surface area contributed by atoms with Crippen LogP contribution in [0, 0.1) is 3.57 Å². The third kappa shape index (κ3) is 3.16. The van der Waals surface area contributed by atoms with Crippen LogP contribution < -0.4 is 0 Å². The summed E-state index contributed by atoms with van der Waals surface area (Å²) in [5.41, 5.74) is 2.04. The number of aliphatic imine (C=N–C) groups is 1. The third-order valence-corrected chi connectivity index (χ3v) is 3.35. The van der Waals surface area contributed by atoms with E-state index in [2.05, 4.69) is 27.6 Å². The molecule has 0 saturated carbocycles. The summed E-state index contributed by atoms with van der Waals surface area (Å²) in [6, 6.07) is 14.4. The minimum absolute atomic E-state index is 0.267. The Morgan fingerprint density at radius 3 is 2.39 bits per heavy atom. The summed E-state index contributed by atoms with van der Waals surface area (Å²) in [5, 5.41) is 8.78. The number of hydrogen-bond acceptors (Lipinski definition) is 2. The van der Waals surface area contributed by atoms with Crippen molar-refractivity contribution in [2.24, 2.45) is 4.99 Å². The van der Waals surface area contributed by atoms with Gasteiger partial charge in [0.25, 0.3) is 0 Å². The van der Waals surface area contributed by atoms with Crippen molar-refractivity contribution in [1.82, 2.24) is 0 Å². The average Bonchev–Trinajstić information content (AvgIpc) is 2.38. The maximum absolute atomic E-state index is 10.7. The minimum Gasteiger partial charge on any atom is -0.478 e. The molecule has 1 N–H and O–H groups in total. The maximum atomic E-state index is 10.7. The van der Waals surface area contributed by atoms with Gasteiger partial charge in [0.05, 0.1) is 11.3 Å². The van der Waals surface area contributed by atoms with Gasteiger partial charge in [-0.1, -0.05) is 18.2 Å². The predicted molar refractivity (Wildman–Crippen MR) is 79.8 cm³/mol. The fourth-order valence-electron chi connectivity index (χ4n) is 1.41. The Balaban J connectivity index is 2.19. The molecular weight excluding hydrogens is 341 g/mol. The van der Waals surface area contributed by atoms with E-state index in [-0.39, 0.29) is 5.56 Å². The van der Waals surface area contributed by atoms with E-state index in [1.807, 2.05) is 24.3 Å². The second-order valence-electron chi connectivity index (χ2n) is 3.63. The van der Waals surface area contributed by atoms with Crippen LogP contribution in [0.4, 0.5) is 5.69 Å². The van der Waals surface area contributed by atoms with Crippen LogP contribution in [-0.4, -0.2) is 17.3 Å². The fraction of sp³-hybridized carbons (Fsp3) is 0. The van der Waals surface area contributed by atoms with E-state index in [1.54, 1.807) is 30.5 Å². The molecule has 0 amide bonds. The van der Waals surface area contributed by atoms with E-state index >= 15 is 0 Å². The highest BCUT2D eigenvalue weighted by Crippen LogP contribution is 2.15. The summed E-state index contributed by atoms with van der Waals surface area (Å²) < 4.78 is 1.13. The summed E-state index contributed by atoms with van der Waals surface area (Å²) in [7, 11) is 0. The molecule has 0 aliphatic carbocycles. The number of nitrogens with zero attached hydrogens (tertiary/aromatic N) is 1. The number of carboxylic acid groups (broad SMARTS) is 1. The van der Waals surface area contributed by atoms with Crippen LogP contribution in [0.3, 0.4) is 0 Å². The van der Waals surface area contributed by atoms with Crippen molar-refractivity contribution in [3.05, 3.63) is 63.2 Å². The SMILES string of the molecule is O=C(O)c1ccc(N=Cc2ccccc2I)cc1. The fourth-order valence-corrected chi connectivity index (χ4v) is 1.94. The van der Waals surface area contributed by atoms with Crippen molar-refractivity contribution >= 4 is 40.5 Å². The number of hydrogen-bond donors (Lipinski definition) is 1. The molecule has 0 aromatic heterocycles. The van der Waals surface area contributed by atoms with Gasteiger partial charge < -0.3 is 5.11 Å². The Morgan fingerprint density at radius 1 is 1.11 bits per heavy atom. The molecule has 0 bridgehead atoms. The molecule has 90 valence electrons. The second kappa shape index (κ2) is 5.77. The minimum atomic E-state index is -0.928. The van der Waals surface area contributed by atoms with Crippen molar-refractivity contribution in [3.63, 3.8) is 0 Å². The van der Waals surface area contributed by atoms with Crippen molar-refractivity contribution in [3.8, 4) is 0 Å². The van der Waals surface area contributed by atoms with Crippen LogP contribution >= 0.6 is 22.6 Å². The second-order valence-corrected chi connectivity index (χ2v) is 4.79. The zero-order valence-electron chi connectivity index (χ0n) is 9.38. The van der Waals surface area contributed by atoms with E-state index in [0.29, 0.717) is 0 Å². The van der Waals surface area contributed by atoms with Crippen LogP contribution in [0.15, 0.2) is 53.5 Å². The van der Waals surface area contributed by atoms with Crippen molar-refractivity contribution < 1.29 is 9.90 Å². The van der Waals surface area contributed by atoms with Gasteiger partial charge in [-0.2, -0.15) is 0 Å². The van der Waals surface area contributed by atoms with Crippen molar-refractivity contribution in [1.29, 1.82) is 0 Å². The zero-order valence-corrected chi connectivity index (χ0v) is 11.5. The first-order valence-corrected chi connectivity index (χ1v) is 6.36. The van der Waals surface area contributed by atoms with Gasteiger partial charge in [0.2, 0.25) is 0 Å². The molecule has 18 heavy (non-hydrogen) atoms. The zero-order chi connectivity index (χ0) is 13.0. The molecule has 2 aromatic rings. The number of carbonyl (C=O) groups is 1. The first kappa shape index (κ1) is 12.8. The Kier molecular flexibility index (Phi) is 4.09. The molecule has 0 heterocycles. The first-order valence-electron chi connectivity index (χ1n) is 5.29. The van der Waals surface area contributed by atoms with Gasteiger partial charge in [0, 0.05) is 15.3 Å². The smallest absolute Gasteiger partial charge is 0.335 e. The van der Waals surface area contributed by atoms with Crippen LogP contribution in [0.25, 0.3) is 0 Å². The van der Waals surface area contributed by atoms with Crippen LogP contribution in [0.5, 0.6) is 0 Å². The highest BCUT2D eigenvalue weighted by Gasteiger charge is 2.00. The summed E-state index contributed by atoms with van der Waals surface area (Å²) in [4.78, 5) is 15.0. The highest BCUT2D eigenvalue weighted by molar-refractivity contribution is 14.1. The number of carboxylic acids is 1. The average molecular weight is 351 g/mol. The molecule has 0 fully saturated rings. The van der Waals surface area contributed by atoms with Gasteiger partial charge in [0.1, 0.15) is 0 Å². The topological polar surface area (TPSA) is 49.7 Å². The lowest BCUT2D eigenvalue weighted by molar-refractivity contribution is 0.0697. The number of benzene rings is 2. The van der Waals surface area contributed by atoms with Gasteiger partial charge in [-0.15, -0.1) is 0 Å². The van der Waals surface area contributed by atoms with Gasteiger partial charge in [-0.05, 0) is 52.9 Å². The molecule has 0 unspecified atom stereocenters. The van der Waals surface area contributed by atoms with Crippen molar-refractivity contribution in [2.45, 2.75) is 0 Å². The van der Waals surface area contributed by atoms with Crippen molar-refractivity contribution in [2.75, 3.05) is 0 Å². The molecule has 0 saturated heterocycles. The molecule has 2 aromatic carbocycles. The van der Waals surface area contributed by atoms with Crippen LogP contribution in [0.2, 0.25) is 0 Å². The molecule has 0 aliphatic heterocycles. The summed E-state index contributed by atoms with van der Waals surface area (Å²) >= 11 is 2.25. The molecule has 4 heteroatoms. The molecule has 0 aliphatic rings. The summed E-state index contributed by atoms with van der Waals surface area (Å²) in [5.74, 6) is -0.928. The molecule has 0 spiro atoms. The molecule has 0 atom stereocenters. The molecule has 2 rings (SSSR count). The lowest BCUT2D eigenvalue weighted by atomic mass is 10.2. The maximum Gasteiger partial charge on any atom is 0.335 e. The van der Waals surface area contributed by atoms with E-state index < -0.39 is 5.97 Å². The quantitative estimate of drug-likeness (QED) is 0.677. The van der Waals surface area contributed by atoms with Gasteiger partial charge in [-0.25, -0.2) is 4.79 Å².